The van der Waals surface area contributed by atoms with Crippen molar-refractivity contribution in [3.05, 3.63) is 17.0 Å². The van der Waals surface area contributed by atoms with Gasteiger partial charge in [-0.25, -0.2) is 0 Å². The molecular formula is C15H25N3O2. The van der Waals surface area contributed by atoms with E-state index in [2.05, 4.69) is 5.10 Å². The zero-order valence-electron chi connectivity index (χ0n) is 12.9. The summed E-state index contributed by atoms with van der Waals surface area (Å²) in [6.07, 6.45) is 2.06. The van der Waals surface area contributed by atoms with Crippen LogP contribution in [0.15, 0.2) is 0 Å². The summed E-state index contributed by atoms with van der Waals surface area (Å²) in [5, 5.41) is 14.1. The first kappa shape index (κ1) is 15.0. The Morgan fingerprint density at radius 1 is 1.50 bits per heavy atom. The van der Waals surface area contributed by atoms with Crippen LogP contribution in [0.2, 0.25) is 0 Å². The van der Waals surface area contributed by atoms with Gasteiger partial charge in [-0.3, -0.25) is 9.48 Å². The highest BCUT2D eigenvalue weighted by Crippen LogP contribution is 2.20. The summed E-state index contributed by atoms with van der Waals surface area (Å²) in [7, 11) is 1.93. The number of carbonyl (C=O) groups is 1. The Hall–Kier alpha value is -1.36. The third-order valence-corrected chi connectivity index (χ3v) is 4.30. The number of hydrogen-bond acceptors (Lipinski definition) is 3. The van der Waals surface area contributed by atoms with E-state index >= 15 is 0 Å². The van der Waals surface area contributed by atoms with Crippen LogP contribution in [0.4, 0.5) is 0 Å². The smallest absolute Gasteiger partial charge is 0.225 e. The fourth-order valence-electron chi connectivity index (χ4n) is 2.97. The van der Waals surface area contributed by atoms with Crippen molar-refractivity contribution in [3.8, 4) is 0 Å². The van der Waals surface area contributed by atoms with Crippen LogP contribution in [0.1, 0.15) is 36.7 Å². The lowest BCUT2D eigenvalue weighted by molar-refractivity contribution is -0.138. The Kier molecular flexibility index (Phi) is 4.48. The van der Waals surface area contributed by atoms with E-state index in [1.165, 1.54) is 5.56 Å². The Labute approximate surface area is 120 Å². The van der Waals surface area contributed by atoms with Crippen LogP contribution in [-0.2, 0) is 18.3 Å². The van der Waals surface area contributed by atoms with Crippen LogP contribution >= 0.6 is 0 Å². The summed E-state index contributed by atoms with van der Waals surface area (Å²) in [5.74, 6) is 0.0771. The van der Waals surface area contributed by atoms with Crippen molar-refractivity contribution in [2.75, 3.05) is 13.1 Å². The van der Waals surface area contributed by atoms with Gasteiger partial charge in [0.25, 0.3) is 0 Å². The average molecular weight is 279 g/mol. The average Bonchev–Trinajstić information content (AvgIpc) is 2.64. The van der Waals surface area contributed by atoms with Gasteiger partial charge in [-0.2, -0.15) is 5.10 Å². The number of amides is 1. The maximum absolute atomic E-state index is 12.5. The molecule has 0 aromatic carbocycles. The van der Waals surface area contributed by atoms with Gasteiger partial charge >= 0.3 is 0 Å². The highest BCUT2D eigenvalue weighted by atomic mass is 16.3. The van der Waals surface area contributed by atoms with Crippen molar-refractivity contribution < 1.29 is 9.90 Å². The fraction of sp³-hybridized carbons (Fsp3) is 0.733. The molecule has 5 heteroatoms. The molecule has 1 aromatic heterocycles. The Morgan fingerprint density at radius 2 is 2.20 bits per heavy atom. The second-order valence-electron chi connectivity index (χ2n) is 5.96. The largest absolute Gasteiger partial charge is 0.391 e. The highest BCUT2D eigenvalue weighted by molar-refractivity contribution is 5.79. The monoisotopic (exact) mass is 279 g/mol. The third kappa shape index (κ3) is 3.03. The van der Waals surface area contributed by atoms with E-state index in [1.807, 2.05) is 32.5 Å². The number of likely N-dealkylation sites (tertiary alicyclic amines) is 1. The third-order valence-electron chi connectivity index (χ3n) is 4.30. The first-order valence-electron chi connectivity index (χ1n) is 7.36. The molecule has 2 heterocycles. The molecule has 0 saturated carbocycles. The van der Waals surface area contributed by atoms with E-state index in [0.717, 1.165) is 37.2 Å². The molecule has 2 rings (SSSR count). The number of aromatic nitrogens is 2. The Bertz CT molecular complexity index is 496. The van der Waals surface area contributed by atoms with Crippen molar-refractivity contribution in [2.45, 2.75) is 46.1 Å². The minimum Gasteiger partial charge on any atom is -0.391 e. The summed E-state index contributed by atoms with van der Waals surface area (Å²) >= 11 is 0. The molecule has 1 aliphatic heterocycles. The summed E-state index contributed by atoms with van der Waals surface area (Å²) in [5.41, 5.74) is 3.30. The lowest BCUT2D eigenvalue weighted by Gasteiger charge is -2.32. The molecule has 2 atom stereocenters. The molecule has 0 spiro atoms. The molecule has 5 nitrogen and oxygen atoms in total. The van der Waals surface area contributed by atoms with Crippen LogP contribution in [0.3, 0.4) is 0 Å². The molecule has 0 aliphatic carbocycles. The number of nitrogens with zero attached hydrogens (tertiary/aromatic N) is 3. The molecule has 112 valence electrons. The van der Waals surface area contributed by atoms with Gasteiger partial charge in [0.15, 0.2) is 0 Å². The lowest BCUT2D eigenvalue weighted by Crippen LogP contribution is -2.44. The van der Waals surface area contributed by atoms with Crippen LogP contribution < -0.4 is 0 Å². The van der Waals surface area contributed by atoms with Crippen molar-refractivity contribution in [2.24, 2.45) is 13.0 Å². The van der Waals surface area contributed by atoms with Crippen molar-refractivity contribution in [3.63, 3.8) is 0 Å². The number of aryl methyl sites for hydroxylation is 2. The number of carbonyl (C=O) groups excluding carboxylic acids is 1. The molecule has 1 N–H and O–H groups in total. The molecule has 1 amide bonds. The number of aliphatic hydroxyl groups is 1. The summed E-state index contributed by atoms with van der Waals surface area (Å²) < 4.78 is 1.87. The van der Waals surface area contributed by atoms with Crippen LogP contribution in [-0.4, -0.2) is 44.9 Å². The zero-order valence-corrected chi connectivity index (χ0v) is 12.9. The summed E-state index contributed by atoms with van der Waals surface area (Å²) in [6.45, 7) is 7.25. The summed E-state index contributed by atoms with van der Waals surface area (Å²) in [6, 6.07) is 0. The van der Waals surface area contributed by atoms with Crippen LogP contribution in [0.25, 0.3) is 0 Å². The molecule has 2 unspecified atom stereocenters. The second-order valence-corrected chi connectivity index (χ2v) is 5.96. The zero-order chi connectivity index (χ0) is 14.9. The lowest BCUT2D eigenvalue weighted by atomic mass is 9.97. The van der Waals surface area contributed by atoms with Crippen LogP contribution in [0.5, 0.6) is 0 Å². The number of aliphatic hydroxyl groups excluding tert-OH is 1. The van der Waals surface area contributed by atoms with E-state index in [-0.39, 0.29) is 17.9 Å². The standard InChI is InChI=1S/C15H25N3O2/c1-10(8-14-11(2)16-17(4)12(14)3)15(20)18-7-5-6-13(19)9-18/h10,13,19H,5-9H2,1-4H3. The van der Waals surface area contributed by atoms with Crippen molar-refractivity contribution in [1.29, 1.82) is 0 Å². The first-order chi connectivity index (χ1) is 9.40. The van der Waals surface area contributed by atoms with Crippen molar-refractivity contribution in [1.82, 2.24) is 14.7 Å². The first-order valence-corrected chi connectivity index (χ1v) is 7.36. The maximum Gasteiger partial charge on any atom is 0.225 e. The van der Waals surface area contributed by atoms with Gasteiger partial charge in [0, 0.05) is 31.7 Å². The van der Waals surface area contributed by atoms with Gasteiger partial charge in [-0.15, -0.1) is 0 Å². The molecule has 0 radical (unpaired) electrons. The van der Waals surface area contributed by atoms with Gasteiger partial charge in [-0.1, -0.05) is 6.92 Å². The summed E-state index contributed by atoms with van der Waals surface area (Å²) in [4.78, 5) is 14.3. The van der Waals surface area contributed by atoms with Crippen molar-refractivity contribution >= 4 is 5.91 Å². The molecule has 1 saturated heterocycles. The van der Waals surface area contributed by atoms with E-state index < -0.39 is 0 Å². The quantitative estimate of drug-likeness (QED) is 0.904. The Balaban J connectivity index is 2.04. The SMILES string of the molecule is Cc1nn(C)c(C)c1CC(C)C(=O)N1CCCC(O)C1. The normalized spacial score (nSPS) is 21.1. The van der Waals surface area contributed by atoms with Gasteiger partial charge in [-0.05, 0) is 38.7 Å². The number of piperidine rings is 1. The predicted octanol–water partition coefficient (Wildman–Crippen LogP) is 1.20. The van der Waals surface area contributed by atoms with E-state index in [1.54, 1.807) is 4.90 Å². The minimum atomic E-state index is -0.359. The Morgan fingerprint density at radius 3 is 2.75 bits per heavy atom. The van der Waals surface area contributed by atoms with E-state index in [9.17, 15) is 9.90 Å². The highest BCUT2D eigenvalue weighted by Gasteiger charge is 2.27. The van der Waals surface area contributed by atoms with E-state index in [0.29, 0.717) is 6.54 Å². The molecule has 20 heavy (non-hydrogen) atoms. The number of β-amino-alcohol motifs (C(OH)–C–C–N with tert-alkyl or cyclic N) is 1. The molecule has 1 fully saturated rings. The second kappa shape index (κ2) is 5.95. The van der Waals surface area contributed by atoms with E-state index in [4.69, 9.17) is 0 Å². The molecule has 0 bridgehead atoms. The predicted molar refractivity (Wildman–Crippen MR) is 77.4 cm³/mol. The molecule has 1 aromatic rings. The number of hydrogen-bond donors (Lipinski definition) is 1. The minimum absolute atomic E-state index is 0.0677. The maximum atomic E-state index is 12.5. The number of rotatable bonds is 3. The van der Waals surface area contributed by atoms with Gasteiger partial charge < -0.3 is 10.0 Å². The van der Waals surface area contributed by atoms with Gasteiger partial charge in [0.2, 0.25) is 5.91 Å². The van der Waals surface area contributed by atoms with Crippen LogP contribution in [0, 0.1) is 19.8 Å². The van der Waals surface area contributed by atoms with Gasteiger partial charge in [0.05, 0.1) is 11.8 Å². The topological polar surface area (TPSA) is 58.4 Å². The molecular weight excluding hydrogens is 254 g/mol. The van der Waals surface area contributed by atoms with Gasteiger partial charge in [0.1, 0.15) is 0 Å². The fourth-order valence-corrected chi connectivity index (χ4v) is 2.97. The molecule has 1 aliphatic rings.